The van der Waals surface area contributed by atoms with E-state index in [2.05, 4.69) is 4.90 Å². The van der Waals surface area contributed by atoms with Crippen LogP contribution in [0.3, 0.4) is 0 Å². The number of benzene rings is 1. The van der Waals surface area contributed by atoms with Crippen LogP contribution in [0.5, 0.6) is 0 Å². The summed E-state index contributed by atoms with van der Waals surface area (Å²) in [4.78, 5) is 28.7. The van der Waals surface area contributed by atoms with Crippen LogP contribution in [0, 0.1) is 5.92 Å². The van der Waals surface area contributed by atoms with Crippen molar-refractivity contribution in [1.29, 1.82) is 0 Å². The van der Waals surface area contributed by atoms with E-state index >= 15 is 0 Å². The summed E-state index contributed by atoms with van der Waals surface area (Å²) in [5.41, 5.74) is -0.568. The number of carboxylic acid groups (broad SMARTS) is 1. The second-order valence-corrected chi connectivity index (χ2v) is 8.73. The number of hydrogen-bond acceptors (Lipinski definition) is 3. The molecule has 30 heavy (non-hydrogen) atoms. The topological polar surface area (TPSA) is 60.9 Å². The van der Waals surface area contributed by atoms with Crippen LogP contribution in [0.2, 0.25) is 0 Å². The third-order valence-electron chi connectivity index (χ3n) is 6.87. The van der Waals surface area contributed by atoms with E-state index in [9.17, 15) is 27.9 Å². The Morgan fingerprint density at radius 3 is 2.43 bits per heavy atom. The van der Waals surface area contributed by atoms with E-state index in [1.807, 2.05) is 0 Å². The number of alkyl halides is 3. The molecule has 2 atom stereocenters. The Kier molecular flexibility index (Phi) is 5.79. The second-order valence-electron chi connectivity index (χ2n) is 8.73. The lowest BCUT2D eigenvalue weighted by Crippen LogP contribution is -2.41. The molecule has 2 aliphatic heterocycles. The third kappa shape index (κ3) is 4.19. The van der Waals surface area contributed by atoms with Gasteiger partial charge in [-0.1, -0.05) is 6.42 Å². The Labute approximate surface area is 173 Å². The molecule has 2 unspecified atom stereocenters. The van der Waals surface area contributed by atoms with Gasteiger partial charge in [-0.15, -0.1) is 0 Å². The number of rotatable bonds is 3. The maximum Gasteiger partial charge on any atom is 0.416 e. The van der Waals surface area contributed by atoms with Crippen LogP contribution in [0.15, 0.2) is 12.1 Å². The molecule has 0 radical (unpaired) electrons. The van der Waals surface area contributed by atoms with Crippen molar-refractivity contribution in [3.05, 3.63) is 34.4 Å². The average molecular weight is 424 g/mol. The standard InChI is InChI=1S/C22H27F3N2O3/c23-22(24,25)16-10-15-13-27(9-6-18(15)19(12-16)21(29)30)20(28)14-4-5-17(11-14)26-7-2-1-3-8-26/h10,12,14,17H,1-9,11,13H2,(H,29,30). The minimum absolute atomic E-state index is 0.00514. The predicted molar refractivity (Wildman–Crippen MR) is 104 cm³/mol. The maximum absolute atomic E-state index is 13.2. The van der Waals surface area contributed by atoms with Gasteiger partial charge in [0.05, 0.1) is 11.1 Å². The molecule has 1 saturated heterocycles. The molecule has 0 aromatic heterocycles. The lowest BCUT2D eigenvalue weighted by Gasteiger charge is -2.34. The molecule has 1 amide bonds. The van der Waals surface area contributed by atoms with Crippen molar-refractivity contribution in [2.45, 2.75) is 63.7 Å². The van der Waals surface area contributed by atoms with Gasteiger partial charge in [-0.25, -0.2) is 4.79 Å². The van der Waals surface area contributed by atoms with Crippen LogP contribution in [0.25, 0.3) is 0 Å². The minimum Gasteiger partial charge on any atom is -0.478 e. The second kappa shape index (κ2) is 8.21. The van der Waals surface area contributed by atoms with Gasteiger partial charge in [-0.05, 0) is 74.9 Å². The largest absolute Gasteiger partial charge is 0.478 e. The number of likely N-dealkylation sites (tertiary alicyclic amines) is 1. The summed E-state index contributed by atoms with van der Waals surface area (Å²) in [7, 11) is 0. The Morgan fingerprint density at radius 2 is 1.77 bits per heavy atom. The predicted octanol–water partition coefficient (Wildman–Crippen LogP) is 3.94. The number of aromatic carboxylic acids is 1. The van der Waals surface area contributed by atoms with Crippen molar-refractivity contribution < 1.29 is 27.9 Å². The molecule has 1 saturated carbocycles. The number of halogens is 3. The number of amides is 1. The lowest BCUT2D eigenvalue weighted by molar-refractivity contribution is -0.137. The van der Waals surface area contributed by atoms with Gasteiger partial charge in [0.15, 0.2) is 0 Å². The molecule has 1 N–H and O–H groups in total. The molecule has 1 aliphatic carbocycles. The molecule has 5 nitrogen and oxygen atoms in total. The highest BCUT2D eigenvalue weighted by molar-refractivity contribution is 5.90. The fourth-order valence-corrected chi connectivity index (χ4v) is 5.30. The molecule has 3 aliphatic rings. The summed E-state index contributed by atoms with van der Waals surface area (Å²) in [5, 5.41) is 9.38. The molecule has 1 aromatic carbocycles. The van der Waals surface area contributed by atoms with Crippen molar-refractivity contribution in [1.82, 2.24) is 9.80 Å². The minimum atomic E-state index is -4.63. The molecule has 1 aromatic rings. The average Bonchev–Trinajstić information content (AvgIpc) is 3.22. The van der Waals surface area contributed by atoms with Crippen molar-refractivity contribution in [2.75, 3.05) is 19.6 Å². The first-order valence-electron chi connectivity index (χ1n) is 10.7. The molecule has 0 spiro atoms. The van der Waals surface area contributed by atoms with Crippen LogP contribution in [0.4, 0.5) is 13.2 Å². The molecule has 2 fully saturated rings. The van der Waals surface area contributed by atoms with E-state index < -0.39 is 17.7 Å². The molecule has 4 rings (SSSR count). The molecule has 2 heterocycles. The first-order chi connectivity index (χ1) is 14.2. The van der Waals surface area contributed by atoms with Crippen LogP contribution >= 0.6 is 0 Å². The SMILES string of the molecule is O=C(O)c1cc(C(F)(F)F)cc2c1CCN(C(=O)C1CCC(N3CCCCC3)C1)C2. The Balaban J connectivity index is 1.49. The molecular formula is C22H27F3N2O3. The fraction of sp³-hybridized carbons (Fsp3) is 0.636. The van der Waals surface area contributed by atoms with E-state index in [1.165, 1.54) is 19.3 Å². The maximum atomic E-state index is 13.2. The van der Waals surface area contributed by atoms with Crippen LogP contribution in [0.1, 0.15) is 65.6 Å². The number of carbonyl (C=O) groups excluding carboxylic acids is 1. The normalized spacial score (nSPS) is 25.2. The van der Waals surface area contributed by atoms with Gasteiger partial charge in [0, 0.05) is 25.0 Å². The van der Waals surface area contributed by atoms with Crippen LogP contribution in [-0.2, 0) is 23.9 Å². The smallest absolute Gasteiger partial charge is 0.416 e. The highest BCUT2D eigenvalue weighted by atomic mass is 19.4. The number of fused-ring (bicyclic) bond motifs is 1. The lowest BCUT2D eigenvalue weighted by atomic mass is 9.91. The summed E-state index contributed by atoms with van der Waals surface area (Å²) >= 11 is 0. The summed E-state index contributed by atoms with van der Waals surface area (Å²) in [6.45, 7) is 2.56. The fourth-order valence-electron chi connectivity index (χ4n) is 5.30. The van der Waals surface area contributed by atoms with Crippen molar-refractivity contribution >= 4 is 11.9 Å². The van der Waals surface area contributed by atoms with Gasteiger partial charge in [0.25, 0.3) is 0 Å². The van der Waals surface area contributed by atoms with Gasteiger partial charge >= 0.3 is 12.1 Å². The van der Waals surface area contributed by atoms with Crippen molar-refractivity contribution in [3.63, 3.8) is 0 Å². The number of carboxylic acids is 1. The zero-order valence-electron chi connectivity index (χ0n) is 16.9. The van der Waals surface area contributed by atoms with E-state index in [1.54, 1.807) is 4.90 Å². The Hall–Kier alpha value is -2.09. The van der Waals surface area contributed by atoms with Gasteiger partial charge in [-0.2, -0.15) is 13.2 Å². The third-order valence-corrected chi connectivity index (χ3v) is 6.87. The zero-order chi connectivity index (χ0) is 21.5. The van der Waals surface area contributed by atoms with E-state index in [-0.39, 0.29) is 30.4 Å². The van der Waals surface area contributed by atoms with Gasteiger partial charge in [0.1, 0.15) is 0 Å². The monoisotopic (exact) mass is 424 g/mol. The first-order valence-corrected chi connectivity index (χ1v) is 10.7. The van der Waals surface area contributed by atoms with E-state index in [0.717, 1.165) is 38.4 Å². The summed E-state index contributed by atoms with van der Waals surface area (Å²) in [6, 6.07) is 2.14. The number of nitrogens with zero attached hydrogens (tertiary/aromatic N) is 2. The van der Waals surface area contributed by atoms with Gasteiger partial charge in [0.2, 0.25) is 5.91 Å². The molecule has 164 valence electrons. The Morgan fingerprint density at radius 1 is 1.03 bits per heavy atom. The Bertz CT molecular complexity index is 834. The van der Waals surface area contributed by atoms with E-state index in [4.69, 9.17) is 0 Å². The van der Waals surface area contributed by atoms with Crippen LogP contribution in [-0.4, -0.2) is 52.5 Å². The van der Waals surface area contributed by atoms with Crippen molar-refractivity contribution in [2.24, 2.45) is 5.92 Å². The first kappa shape index (κ1) is 21.2. The van der Waals surface area contributed by atoms with Crippen molar-refractivity contribution in [3.8, 4) is 0 Å². The highest BCUT2D eigenvalue weighted by Gasteiger charge is 2.38. The molecule has 8 heteroatoms. The van der Waals surface area contributed by atoms with Crippen LogP contribution < -0.4 is 0 Å². The summed E-state index contributed by atoms with van der Waals surface area (Å²) in [6.07, 6.45) is 1.91. The molecule has 0 bridgehead atoms. The number of hydrogen-bond donors (Lipinski definition) is 1. The highest BCUT2D eigenvalue weighted by Crippen LogP contribution is 2.36. The summed E-state index contributed by atoms with van der Waals surface area (Å²) < 4.78 is 39.7. The number of carbonyl (C=O) groups is 2. The van der Waals surface area contributed by atoms with Gasteiger partial charge in [-0.3, -0.25) is 4.79 Å². The molecular weight excluding hydrogens is 397 g/mol. The number of piperidine rings is 1. The zero-order valence-corrected chi connectivity index (χ0v) is 16.9. The van der Waals surface area contributed by atoms with Gasteiger partial charge < -0.3 is 14.9 Å². The summed E-state index contributed by atoms with van der Waals surface area (Å²) in [5.74, 6) is -1.46. The quantitative estimate of drug-likeness (QED) is 0.799. The van der Waals surface area contributed by atoms with E-state index in [0.29, 0.717) is 29.8 Å².